The Morgan fingerprint density at radius 1 is 1.00 bits per heavy atom. The minimum Gasteiger partial charge on any atom is -0.465 e. The van der Waals surface area contributed by atoms with Crippen molar-refractivity contribution >= 4 is 19.6 Å². The predicted octanol–water partition coefficient (Wildman–Crippen LogP) is 0.823. The fourth-order valence-corrected chi connectivity index (χ4v) is 2.81. The summed E-state index contributed by atoms with van der Waals surface area (Å²) in [6.45, 7) is 6.74. The second-order valence-electron chi connectivity index (χ2n) is 3.94. The fraction of sp³-hybridized carbons (Fsp3) is 0.818. The van der Waals surface area contributed by atoms with Crippen molar-refractivity contribution in [2.75, 3.05) is 20.3 Å². The lowest BCUT2D eigenvalue weighted by molar-refractivity contribution is -0.145. The van der Waals surface area contributed by atoms with Gasteiger partial charge in [0.1, 0.15) is 12.1 Å². The molecule has 0 saturated heterocycles. The first-order chi connectivity index (χ1) is 9.29. The second kappa shape index (κ2) is 9.07. The van der Waals surface area contributed by atoms with Crippen molar-refractivity contribution in [2.24, 2.45) is 0 Å². The van der Waals surface area contributed by atoms with Crippen LogP contribution in [0.1, 0.15) is 27.7 Å². The maximum absolute atomic E-state index is 12.4. The quantitative estimate of drug-likeness (QED) is 0.477. The summed E-state index contributed by atoms with van der Waals surface area (Å²) in [7, 11) is -2.36. The number of esters is 2. The van der Waals surface area contributed by atoms with E-state index in [-0.39, 0.29) is 13.2 Å². The molecule has 0 radical (unpaired) electrons. The number of nitrogens with one attached hydrogen (secondary N) is 2. The van der Waals surface area contributed by atoms with Crippen molar-refractivity contribution in [2.45, 2.75) is 39.8 Å². The number of hydrogen-bond acceptors (Lipinski definition) is 6. The van der Waals surface area contributed by atoms with Crippen LogP contribution in [0.5, 0.6) is 0 Å². The van der Waals surface area contributed by atoms with Crippen LogP contribution in [0.25, 0.3) is 0 Å². The van der Waals surface area contributed by atoms with Gasteiger partial charge in [0, 0.05) is 7.11 Å². The zero-order valence-electron chi connectivity index (χ0n) is 12.5. The van der Waals surface area contributed by atoms with Crippen LogP contribution in [0, 0.1) is 0 Å². The number of carbonyl (C=O) groups is 2. The summed E-state index contributed by atoms with van der Waals surface area (Å²) in [6.07, 6.45) is 0. The highest BCUT2D eigenvalue weighted by atomic mass is 31.2. The molecular weight excluding hydrogens is 287 g/mol. The van der Waals surface area contributed by atoms with Gasteiger partial charge < -0.3 is 14.0 Å². The Bertz CT molecular complexity index is 346. The molecule has 2 N–H and O–H groups in total. The average molecular weight is 310 g/mol. The second-order valence-corrected chi connectivity index (χ2v) is 5.92. The summed E-state index contributed by atoms with van der Waals surface area (Å²) < 4.78 is 26.8. The molecule has 0 fully saturated rings. The van der Waals surface area contributed by atoms with Crippen LogP contribution in [-0.4, -0.2) is 44.3 Å². The molecule has 9 heteroatoms. The molecule has 2 atom stereocenters. The Kier molecular flexibility index (Phi) is 8.64. The minimum atomic E-state index is -3.57. The molecule has 0 heterocycles. The standard InChI is InChI=1S/C11H23N2O6P/c1-6-18-10(14)8(3)12-20(16,17-5)13-9(4)11(15)19-7-2/h8-9H,6-7H2,1-5H3,(H2,12,13,16)/t8-,9-/m0/s1. The zero-order chi connectivity index (χ0) is 15.8. The summed E-state index contributed by atoms with van der Waals surface area (Å²) in [4.78, 5) is 23.0. The summed E-state index contributed by atoms with van der Waals surface area (Å²) in [6, 6.07) is -1.69. The van der Waals surface area contributed by atoms with Gasteiger partial charge in [0.05, 0.1) is 13.2 Å². The van der Waals surface area contributed by atoms with E-state index < -0.39 is 31.7 Å². The summed E-state index contributed by atoms with van der Waals surface area (Å²) in [5, 5.41) is 4.99. The highest BCUT2D eigenvalue weighted by molar-refractivity contribution is 7.54. The van der Waals surface area contributed by atoms with Gasteiger partial charge in [0.2, 0.25) is 0 Å². The Balaban J connectivity index is 4.65. The first-order valence-corrected chi connectivity index (χ1v) is 7.96. The van der Waals surface area contributed by atoms with E-state index in [1.165, 1.54) is 21.0 Å². The van der Waals surface area contributed by atoms with Crippen molar-refractivity contribution < 1.29 is 28.2 Å². The first kappa shape index (κ1) is 19.1. The number of carbonyl (C=O) groups excluding carboxylic acids is 2. The average Bonchev–Trinajstić information content (AvgIpc) is 2.39. The maximum atomic E-state index is 12.4. The van der Waals surface area contributed by atoms with Crippen LogP contribution in [0.3, 0.4) is 0 Å². The molecule has 0 saturated carbocycles. The predicted molar refractivity (Wildman–Crippen MR) is 73.1 cm³/mol. The van der Waals surface area contributed by atoms with E-state index in [9.17, 15) is 14.2 Å². The molecule has 0 bridgehead atoms. The normalized spacial score (nSPS) is 14.4. The summed E-state index contributed by atoms with van der Waals surface area (Å²) in [5.41, 5.74) is 0. The van der Waals surface area contributed by atoms with E-state index in [1.807, 2.05) is 0 Å². The molecule has 118 valence electrons. The molecule has 0 aliphatic rings. The van der Waals surface area contributed by atoms with E-state index in [0.717, 1.165) is 0 Å². The highest BCUT2D eigenvalue weighted by Gasteiger charge is 2.31. The number of rotatable bonds is 9. The van der Waals surface area contributed by atoms with Crippen molar-refractivity contribution in [3.05, 3.63) is 0 Å². The van der Waals surface area contributed by atoms with Crippen LogP contribution in [-0.2, 0) is 28.2 Å². The van der Waals surface area contributed by atoms with Crippen molar-refractivity contribution in [1.29, 1.82) is 0 Å². The molecule has 0 aromatic heterocycles. The van der Waals surface area contributed by atoms with Crippen LogP contribution >= 0.6 is 7.67 Å². The molecule has 0 aromatic rings. The largest absolute Gasteiger partial charge is 0.465 e. The van der Waals surface area contributed by atoms with Gasteiger partial charge in [0.15, 0.2) is 0 Å². The monoisotopic (exact) mass is 310 g/mol. The maximum Gasteiger partial charge on any atom is 0.341 e. The zero-order valence-corrected chi connectivity index (χ0v) is 13.4. The lowest BCUT2D eigenvalue weighted by Crippen LogP contribution is -2.42. The molecule has 0 amide bonds. The van der Waals surface area contributed by atoms with Gasteiger partial charge >= 0.3 is 19.6 Å². The van der Waals surface area contributed by atoms with Gasteiger partial charge in [-0.1, -0.05) is 0 Å². The highest BCUT2D eigenvalue weighted by Crippen LogP contribution is 2.37. The Morgan fingerprint density at radius 2 is 1.35 bits per heavy atom. The lowest BCUT2D eigenvalue weighted by Gasteiger charge is -2.24. The Hall–Kier alpha value is -0.950. The van der Waals surface area contributed by atoms with Gasteiger partial charge in [-0.15, -0.1) is 0 Å². The molecule has 8 nitrogen and oxygen atoms in total. The topological polar surface area (TPSA) is 103 Å². The van der Waals surface area contributed by atoms with E-state index in [1.54, 1.807) is 13.8 Å². The third-order valence-corrected chi connectivity index (χ3v) is 4.23. The lowest BCUT2D eigenvalue weighted by atomic mass is 10.4. The van der Waals surface area contributed by atoms with E-state index in [2.05, 4.69) is 10.2 Å². The van der Waals surface area contributed by atoms with Crippen LogP contribution < -0.4 is 10.2 Å². The smallest absolute Gasteiger partial charge is 0.341 e. The van der Waals surface area contributed by atoms with E-state index in [4.69, 9.17) is 14.0 Å². The molecule has 20 heavy (non-hydrogen) atoms. The Morgan fingerprint density at radius 3 is 1.60 bits per heavy atom. The van der Waals surface area contributed by atoms with Crippen LogP contribution in [0.4, 0.5) is 0 Å². The van der Waals surface area contributed by atoms with Crippen molar-refractivity contribution in [3.63, 3.8) is 0 Å². The third kappa shape index (κ3) is 6.47. The molecule has 0 spiro atoms. The third-order valence-electron chi connectivity index (χ3n) is 2.26. The first-order valence-electron chi connectivity index (χ1n) is 6.34. The minimum absolute atomic E-state index is 0.217. The molecular formula is C11H23N2O6P. The van der Waals surface area contributed by atoms with Gasteiger partial charge in [-0.25, -0.2) is 10.2 Å². The van der Waals surface area contributed by atoms with Crippen LogP contribution in [0.15, 0.2) is 0 Å². The van der Waals surface area contributed by atoms with Gasteiger partial charge in [-0.3, -0.25) is 14.2 Å². The number of ether oxygens (including phenoxy) is 2. The van der Waals surface area contributed by atoms with Gasteiger partial charge in [-0.05, 0) is 27.7 Å². The van der Waals surface area contributed by atoms with E-state index >= 15 is 0 Å². The molecule has 0 aliphatic heterocycles. The summed E-state index contributed by atoms with van der Waals surface area (Å²) in [5.74, 6) is -1.12. The van der Waals surface area contributed by atoms with Gasteiger partial charge in [-0.2, -0.15) is 0 Å². The Labute approximate surface area is 119 Å². The van der Waals surface area contributed by atoms with E-state index in [0.29, 0.717) is 0 Å². The van der Waals surface area contributed by atoms with Crippen molar-refractivity contribution in [3.8, 4) is 0 Å². The molecule has 0 unspecified atom stereocenters. The molecule has 0 aliphatic carbocycles. The summed E-state index contributed by atoms with van der Waals surface area (Å²) >= 11 is 0. The molecule has 0 aromatic carbocycles. The van der Waals surface area contributed by atoms with Crippen LogP contribution in [0.2, 0.25) is 0 Å². The SMILES string of the molecule is CCOC(=O)[C@H](C)NP(=O)(N[C@@H](C)C(=O)OCC)OC. The van der Waals surface area contributed by atoms with Crippen molar-refractivity contribution in [1.82, 2.24) is 10.2 Å². The van der Waals surface area contributed by atoms with Gasteiger partial charge in [0.25, 0.3) is 0 Å². The number of hydrogen-bond donors (Lipinski definition) is 2. The fourth-order valence-electron chi connectivity index (χ4n) is 1.29. The molecule has 0 rings (SSSR count).